The van der Waals surface area contributed by atoms with Gasteiger partial charge in [-0.3, -0.25) is 4.79 Å². The second kappa shape index (κ2) is 10.7. The van der Waals surface area contributed by atoms with Crippen LogP contribution in [0.3, 0.4) is 0 Å². The molecule has 3 rings (SSSR count). The van der Waals surface area contributed by atoms with Gasteiger partial charge in [-0.1, -0.05) is 29.8 Å². The summed E-state index contributed by atoms with van der Waals surface area (Å²) in [6.07, 6.45) is 0. The summed E-state index contributed by atoms with van der Waals surface area (Å²) in [7, 11) is 0. The first-order valence-electron chi connectivity index (χ1n) is 10.2. The molecule has 5 nitrogen and oxygen atoms in total. The van der Waals surface area contributed by atoms with E-state index in [4.69, 9.17) is 21.1 Å². The lowest BCUT2D eigenvalue weighted by Gasteiger charge is -2.13. The fourth-order valence-corrected chi connectivity index (χ4v) is 3.28. The fraction of sp³-hybridized carbons (Fsp3) is 0.240. The molecular weight excluding hydrogens is 412 g/mol. The van der Waals surface area contributed by atoms with Gasteiger partial charge in [-0.05, 0) is 79.9 Å². The lowest BCUT2D eigenvalue weighted by Crippen LogP contribution is -2.20. The highest BCUT2D eigenvalue weighted by atomic mass is 35.5. The molecular formula is C25H27ClN2O3. The van der Waals surface area contributed by atoms with Crippen LogP contribution in [0.25, 0.3) is 0 Å². The second-order valence-corrected chi connectivity index (χ2v) is 7.57. The molecule has 0 atom stereocenters. The monoisotopic (exact) mass is 438 g/mol. The molecule has 0 unspecified atom stereocenters. The van der Waals surface area contributed by atoms with Gasteiger partial charge in [0.25, 0.3) is 5.91 Å². The Labute approximate surface area is 188 Å². The van der Waals surface area contributed by atoms with Crippen molar-refractivity contribution in [3.8, 4) is 11.5 Å². The van der Waals surface area contributed by atoms with Gasteiger partial charge in [0.15, 0.2) is 6.61 Å². The van der Waals surface area contributed by atoms with E-state index >= 15 is 0 Å². The summed E-state index contributed by atoms with van der Waals surface area (Å²) in [5.74, 6) is 1.09. The molecule has 0 aliphatic heterocycles. The predicted octanol–water partition coefficient (Wildman–Crippen LogP) is 5.99. The molecule has 1 amide bonds. The van der Waals surface area contributed by atoms with Gasteiger partial charge in [-0.15, -0.1) is 0 Å². The second-order valence-electron chi connectivity index (χ2n) is 7.16. The van der Waals surface area contributed by atoms with Gasteiger partial charge in [-0.25, -0.2) is 0 Å². The highest BCUT2D eigenvalue weighted by Crippen LogP contribution is 2.26. The Morgan fingerprint density at radius 3 is 2.48 bits per heavy atom. The molecule has 2 N–H and O–H groups in total. The van der Waals surface area contributed by atoms with E-state index in [0.717, 1.165) is 33.8 Å². The van der Waals surface area contributed by atoms with Crippen molar-refractivity contribution in [2.45, 2.75) is 27.3 Å². The van der Waals surface area contributed by atoms with Gasteiger partial charge in [0.2, 0.25) is 0 Å². The third-order valence-electron chi connectivity index (χ3n) is 4.90. The third kappa shape index (κ3) is 6.40. The zero-order chi connectivity index (χ0) is 22.2. The largest absolute Gasteiger partial charge is 0.494 e. The number of benzene rings is 3. The van der Waals surface area contributed by atoms with E-state index in [1.54, 1.807) is 6.07 Å². The molecule has 3 aromatic carbocycles. The van der Waals surface area contributed by atoms with Crippen molar-refractivity contribution >= 4 is 28.9 Å². The number of carbonyl (C=O) groups excluding carboxylic acids is 1. The third-order valence-corrected chi connectivity index (χ3v) is 5.19. The number of hydrogen-bond donors (Lipinski definition) is 2. The minimum atomic E-state index is -0.231. The van der Waals surface area contributed by atoms with Crippen molar-refractivity contribution in [2.24, 2.45) is 0 Å². The zero-order valence-electron chi connectivity index (χ0n) is 18.0. The van der Waals surface area contributed by atoms with Gasteiger partial charge in [0.05, 0.1) is 11.6 Å². The molecule has 31 heavy (non-hydrogen) atoms. The standard InChI is InChI=1S/C25H27ClN2O3/c1-4-30-21-11-9-20(10-12-21)27-15-19-8-13-24(22(26)14-19)31-16-25(29)28-23-7-5-6-17(2)18(23)3/h5-14,27H,4,15-16H2,1-3H3,(H,28,29). The van der Waals surface area contributed by atoms with Gasteiger partial charge >= 0.3 is 0 Å². The summed E-state index contributed by atoms with van der Waals surface area (Å²) < 4.78 is 11.1. The lowest BCUT2D eigenvalue weighted by atomic mass is 10.1. The normalized spacial score (nSPS) is 10.5. The molecule has 6 heteroatoms. The summed E-state index contributed by atoms with van der Waals surface area (Å²) in [6, 6.07) is 19.1. The van der Waals surface area contributed by atoms with E-state index in [9.17, 15) is 4.79 Å². The Kier molecular flexibility index (Phi) is 7.79. The van der Waals surface area contributed by atoms with E-state index in [0.29, 0.717) is 23.9 Å². The molecule has 0 bridgehead atoms. The van der Waals surface area contributed by atoms with E-state index in [-0.39, 0.29) is 12.5 Å². The first-order chi connectivity index (χ1) is 15.0. The quantitative estimate of drug-likeness (QED) is 0.431. The maximum atomic E-state index is 12.3. The predicted molar refractivity (Wildman–Crippen MR) is 126 cm³/mol. The highest BCUT2D eigenvalue weighted by Gasteiger charge is 2.09. The molecule has 0 heterocycles. The highest BCUT2D eigenvalue weighted by molar-refractivity contribution is 6.32. The van der Waals surface area contributed by atoms with Crippen LogP contribution in [0.5, 0.6) is 11.5 Å². The number of carbonyl (C=O) groups is 1. The van der Waals surface area contributed by atoms with E-state index in [1.807, 2.05) is 75.4 Å². The van der Waals surface area contributed by atoms with Crippen molar-refractivity contribution in [3.63, 3.8) is 0 Å². The van der Waals surface area contributed by atoms with Crippen molar-refractivity contribution in [1.29, 1.82) is 0 Å². The van der Waals surface area contributed by atoms with Crippen LogP contribution in [0.1, 0.15) is 23.6 Å². The molecule has 0 aliphatic carbocycles. The molecule has 3 aromatic rings. The zero-order valence-corrected chi connectivity index (χ0v) is 18.8. The number of rotatable bonds is 9. The van der Waals surface area contributed by atoms with Crippen LogP contribution in [0, 0.1) is 13.8 Å². The van der Waals surface area contributed by atoms with Crippen LogP contribution in [-0.2, 0) is 11.3 Å². The van der Waals surface area contributed by atoms with Crippen molar-refractivity contribution in [3.05, 3.63) is 82.4 Å². The average Bonchev–Trinajstić information content (AvgIpc) is 2.76. The number of aryl methyl sites for hydroxylation is 1. The summed E-state index contributed by atoms with van der Waals surface area (Å²) in [6.45, 7) is 7.09. The van der Waals surface area contributed by atoms with E-state index in [1.165, 1.54) is 0 Å². The first kappa shape index (κ1) is 22.5. The Morgan fingerprint density at radius 1 is 1.00 bits per heavy atom. The van der Waals surface area contributed by atoms with Gasteiger partial charge in [0.1, 0.15) is 11.5 Å². The van der Waals surface area contributed by atoms with Crippen LogP contribution in [0.15, 0.2) is 60.7 Å². The van der Waals surface area contributed by atoms with Gasteiger partial charge in [-0.2, -0.15) is 0 Å². The van der Waals surface area contributed by atoms with Crippen LogP contribution in [-0.4, -0.2) is 19.1 Å². The average molecular weight is 439 g/mol. The van der Waals surface area contributed by atoms with E-state index in [2.05, 4.69) is 10.6 Å². The minimum absolute atomic E-state index is 0.114. The molecule has 0 radical (unpaired) electrons. The number of anilines is 2. The van der Waals surface area contributed by atoms with Gasteiger partial charge in [0, 0.05) is 17.9 Å². The molecule has 0 fully saturated rings. The topological polar surface area (TPSA) is 59.6 Å². The van der Waals surface area contributed by atoms with Crippen molar-refractivity contribution in [2.75, 3.05) is 23.8 Å². The number of halogens is 1. The maximum absolute atomic E-state index is 12.3. The maximum Gasteiger partial charge on any atom is 0.262 e. The number of hydrogen-bond acceptors (Lipinski definition) is 4. The van der Waals surface area contributed by atoms with Gasteiger partial charge < -0.3 is 20.1 Å². The summed E-state index contributed by atoms with van der Waals surface area (Å²) in [5, 5.41) is 6.69. The number of nitrogens with one attached hydrogen (secondary N) is 2. The molecule has 162 valence electrons. The van der Waals surface area contributed by atoms with Crippen LogP contribution in [0.4, 0.5) is 11.4 Å². The Hall–Kier alpha value is -3.18. The summed E-state index contributed by atoms with van der Waals surface area (Å²) in [4.78, 5) is 12.3. The number of ether oxygens (including phenoxy) is 2. The smallest absolute Gasteiger partial charge is 0.262 e. The molecule has 0 aliphatic rings. The Morgan fingerprint density at radius 2 is 1.77 bits per heavy atom. The number of amides is 1. The summed E-state index contributed by atoms with van der Waals surface area (Å²) >= 11 is 6.36. The van der Waals surface area contributed by atoms with Crippen LogP contribution >= 0.6 is 11.6 Å². The molecule has 0 saturated carbocycles. The lowest BCUT2D eigenvalue weighted by molar-refractivity contribution is -0.118. The SMILES string of the molecule is CCOc1ccc(NCc2ccc(OCC(=O)Nc3cccc(C)c3C)c(Cl)c2)cc1. The van der Waals surface area contributed by atoms with Crippen LogP contribution in [0.2, 0.25) is 5.02 Å². The molecule has 0 aromatic heterocycles. The van der Waals surface area contributed by atoms with Crippen molar-refractivity contribution in [1.82, 2.24) is 0 Å². The minimum Gasteiger partial charge on any atom is -0.494 e. The molecule has 0 spiro atoms. The Bertz CT molecular complexity index is 1040. The molecule has 0 saturated heterocycles. The van der Waals surface area contributed by atoms with Crippen LogP contribution < -0.4 is 20.1 Å². The Balaban J connectivity index is 1.51. The van der Waals surface area contributed by atoms with Crippen molar-refractivity contribution < 1.29 is 14.3 Å². The first-order valence-corrected chi connectivity index (χ1v) is 10.6. The van der Waals surface area contributed by atoms with E-state index < -0.39 is 0 Å². The fourth-order valence-electron chi connectivity index (χ4n) is 3.03. The summed E-state index contributed by atoms with van der Waals surface area (Å²) in [5.41, 5.74) is 4.94.